The van der Waals surface area contributed by atoms with Gasteiger partial charge in [0, 0.05) is 19.4 Å². The number of hydrogen-bond acceptors (Lipinski definition) is 4. The molecule has 2 fully saturated rings. The first-order valence-electron chi connectivity index (χ1n) is 7.27. The molecule has 0 aliphatic carbocycles. The van der Waals surface area contributed by atoms with Gasteiger partial charge in [-0.3, -0.25) is 0 Å². The number of anilines is 1. The smallest absolute Gasteiger partial charge is 0.387 e. The quantitative estimate of drug-likeness (QED) is 0.769. The van der Waals surface area contributed by atoms with Gasteiger partial charge in [0.25, 0.3) is 5.92 Å². The second-order valence-electron chi connectivity index (χ2n) is 6.07. The third-order valence-corrected chi connectivity index (χ3v) is 4.27. The Labute approximate surface area is 138 Å². The van der Waals surface area contributed by atoms with Crippen LogP contribution in [0.5, 0.6) is 5.75 Å². The molecule has 2 atom stereocenters. The fourth-order valence-corrected chi connectivity index (χ4v) is 3.33. The van der Waals surface area contributed by atoms with E-state index in [1.54, 1.807) is 0 Å². The molecule has 0 saturated carbocycles. The van der Waals surface area contributed by atoms with Crippen LogP contribution in [0, 0.1) is 23.0 Å². The number of ether oxygens (including phenoxy) is 2. The maximum absolute atomic E-state index is 13.9. The van der Waals surface area contributed by atoms with E-state index >= 15 is 0 Å². The molecule has 2 aliphatic heterocycles. The summed E-state index contributed by atoms with van der Waals surface area (Å²) < 4.78 is 88.6. The zero-order chi connectivity index (χ0) is 18.4. The zero-order valence-electron chi connectivity index (χ0n) is 12.6. The standard InChI is InChI=1S/C15H12F6N2O2/c16-9-1-2-10(12(11(9)17)25-13(18)19)23-6-14(3-8(23)4-22)5-15(20,21)7-24-14/h1-2,8,13H,3,5-7H2. The van der Waals surface area contributed by atoms with Crippen LogP contribution in [0.3, 0.4) is 0 Å². The van der Waals surface area contributed by atoms with Crippen LogP contribution in [-0.4, -0.2) is 37.3 Å². The monoisotopic (exact) mass is 366 g/mol. The number of nitriles is 1. The molecule has 4 nitrogen and oxygen atoms in total. The SMILES string of the molecule is N#CC1CC2(CN1c1ccc(F)c(F)c1OC(F)F)CC(F)(F)CO2. The van der Waals surface area contributed by atoms with E-state index in [-0.39, 0.29) is 18.7 Å². The molecule has 2 unspecified atom stereocenters. The van der Waals surface area contributed by atoms with E-state index in [1.807, 2.05) is 6.07 Å². The van der Waals surface area contributed by atoms with Crippen molar-refractivity contribution >= 4 is 5.69 Å². The lowest BCUT2D eigenvalue weighted by Crippen LogP contribution is -2.34. The van der Waals surface area contributed by atoms with Gasteiger partial charge in [-0.05, 0) is 12.1 Å². The van der Waals surface area contributed by atoms with Crippen molar-refractivity contribution in [3.05, 3.63) is 23.8 Å². The lowest BCUT2D eigenvalue weighted by Gasteiger charge is -2.26. The van der Waals surface area contributed by atoms with Gasteiger partial charge < -0.3 is 14.4 Å². The van der Waals surface area contributed by atoms with Crippen LogP contribution in [0.15, 0.2) is 12.1 Å². The Kier molecular flexibility index (Phi) is 4.23. The first kappa shape index (κ1) is 17.7. The molecular formula is C15H12F6N2O2. The highest BCUT2D eigenvalue weighted by molar-refractivity contribution is 5.62. The number of rotatable bonds is 3. The number of hydrogen-bond donors (Lipinski definition) is 0. The van der Waals surface area contributed by atoms with Crippen molar-refractivity contribution in [2.24, 2.45) is 0 Å². The van der Waals surface area contributed by atoms with Gasteiger partial charge in [-0.1, -0.05) is 0 Å². The van der Waals surface area contributed by atoms with Crippen LogP contribution in [0.25, 0.3) is 0 Å². The van der Waals surface area contributed by atoms with Gasteiger partial charge >= 0.3 is 6.61 Å². The molecule has 0 N–H and O–H groups in total. The minimum atomic E-state index is -3.43. The summed E-state index contributed by atoms with van der Waals surface area (Å²) in [5.74, 6) is -7.21. The summed E-state index contributed by atoms with van der Waals surface area (Å²) in [7, 11) is 0. The van der Waals surface area contributed by atoms with Crippen LogP contribution in [-0.2, 0) is 4.74 Å². The minimum absolute atomic E-state index is 0.119. The Bertz CT molecular complexity index is 723. The number of alkyl halides is 4. The third kappa shape index (κ3) is 3.20. The van der Waals surface area contributed by atoms with Crippen molar-refractivity contribution in [3.63, 3.8) is 0 Å². The molecule has 2 heterocycles. The van der Waals surface area contributed by atoms with Crippen LogP contribution >= 0.6 is 0 Å². The topological polar surface area (TPSA) is 45.5 Å². The van der Waals surface area contributed by atoms with Gasteiger partial charge in [-0.25, -0.2) is 13.2 Å². The van der Waals surface area contributed by atoms with Gasteiger partial charge in [0.05, 0.1) is 17.4 Å². The maximum atomic E-state index is 13.9. The van der Waals surface area contributed by atoms with E-state index in [2.05, 4.69) is 4.74 Å². The lowest BCUT2D eigenvalue weighted by atomic mass is 9.96. The van der Waals surface area contributed by atoms with E-state index in [4.69, 9.17) is 4.74 Å². The van der Waals surface area contributed by atoms with Gasteiger partial charge in [0.2, 0.25) is 5.82 Å². The Balaban J connectivity index is 1.99. The number of nitrogens with zero attached hydrogens (tertiary/aromatic N) is 2. The fraction of sp³-hybridized carbons (Fsp3) is 0.533. The lowest BCUT2D eigenvalue weighted by molar-refractivity contribution is -0.0522. The van der Waals surface area contributed by atoms with Crippen molar-refractivity contribution < 1.29 is 35.8 Å². The minimum Gasteiger partial charge on any atom is -0.429 e. The van der Waals surface area contributed by atoms with E-state index in [0.717, 1.165) is 11.0 Å². The summed E-state index contributed by atoms with van der Waals surface area (Å²) in [6, 6.07) is 2.46. The first-order valence-corrected chi connectivity index (χ1v) is 7.27. The van der Waals surface area contributed by atoms with Crippen molar-refractivity contribution in [2.75, 3.05) is 18.1 Å². The summed E-state index contributed by atoms with van der Waals surface area (Å²) in [4.78, 5) is 1.13. The molecular weight excluding hydrogens is 354 g/mol. The summed E-state index contributed by atoms with van der Waals surface area (Å²) in [6.45, 7) is -4.51. The zero-order valence-corrected chi connectivity index (χ0v) is 12.6. The van der Waals surface area contributed by atoms with E-state index in [0.29, 0.717) is 6.07 Å². The average molecular weight is 366 g/mol. The van der Waals surface area contributed by atoms with Crippen molar-refractivity contribution in [1.29, 1.82) is 5.26 Å². The van der Waals surface area contributed by atoms with Gasteiger partial charge in [0.1, 0.15) is 12.6 Å². The van der Waals surface area contributed by atoms with Crippen molar-refractivity contribution in [2.45, 2.75) is 37.0 Å². The predicted molar refractivity (Wildman–Crippen MR) is 72.6 cm³/mol. The molecule has 136 valence electrons. The summed E-state index contributed by atoms with van der Waals surface area (Å²) in [6.07, 6.45) is -0.768. The van der Waals surface area contributed by atoms with Crippen molar-refractivity contribution in [1.82, 2.24) is 0 Å². The Hall–Kier alpha value is -2.15. The summed E-state index contributed by atoms with van der Waals surface area (Å²) >= 11 is 0. The van der Waals surface area contributed by atoms with Crippen LogP contribution < -0.4 is 9.64 Å². The molecule has 25 heavy (non-hydrogen) atoms. The molecule has 0 bridgehead atoms. The van der Waals surface area contributed by atoms with E-state index in [1.165, 1.54) is 0 Å². The Morgan fingerprint density at radius 3 is 2.60 bits per heavy atom. The Morgan fingerprint density at radius 1 is 1.32 bits per heavy atom. The second kappa shape index (κ2) is 5.98. The molecule has 0 radical (unpaired) electrons. The molecule has 3 rings (SSSR count). The predicted octanol–water partition coefficient (Wildman–Crippen LogP) is 3.46. The largest absolute Gasteiger partial charge is 0.429 e. The number of benzene rings is 1. The van der Waals surface area contributed by atoms with Gasteiger partial charge in [-0.15, -0.1) is 0 Å². The van der Waals surface area contributed by atoms with Gasteiger partial charge in [-0.2, -0.15) is 18.4 Å². The van der Waals surface area contributed by atoms with E-state index < -0.39 is 54.6 Å². The maximum Gasteiger partial charge on any atom is 0.387 e. The van der Waals surface area contributed by atoms with Crippen LogP contribution in [0.2, 0.25) is 0 Å². The van der Waals surface area contributed by atoms with E-state index in [9.17, 15) is 31.6 Å². The Morgan fingerprint density at radius 2 is 2.04 bits per heavy atom. The normalized spacial score (nSPS) is 27.9. The number of halogens is 6. The molecule has 0 aromatic heterocycles. The first-order chi connectivity index (χ1) is 11.7. The highest BCUT2D eigenvalue weighted by Gasteiger charge is 2.57. The average Bonchev–Trinajstić information content (AvgIpc) is 3.03. The molecule has 1 spiro atoms. The summed E-state index contributed by atoms with van der Waals surface area (Å²) in [5.41, 5.74) is -1.68. The molecule has 2 aliphatic rings. The highest BCUT2D eigenvalue weighted by atomic mass is 19.3. The second-order valence-corrected chi connectivity index (χ2v) is 6.07. The van der Waals surface area contributed by atoms with Crippen molar-refractivity contribution in [3.8, 4) is 11.8 Å². The van der Waals surface area contributed by atoms with Crippen LogP contribution in [0.1, 0.15) is 12.8 Å². The van der Waals surface area contributed by atoms with Gasteiger partial charge in [0.15, 0.2) is 11.6 Å². The summed E-state index contributed by atoms with van der Waals surface area (Å²) in [5, 5.41) is 9.28. The molecule has 1 aromatic rings. The highest BCUT2D eigenvalue weighted by Crippen LogP contribution is 2.47. The van der Waals surface area contributed by atoms with Crippen LogP contribution in [0.4, 0.5) is 32.0 Å². The molecule has 1 aromatic carbocycles. The molecule has 0 amide bonds. The molecule has 10 heteroatoms. The molecule has 2 saturated heterocycles. The third-order valence-electron chi connectivity index (χ3n) is 4.27. The fourth-order valence-electron chi connectivity index (χ4n) is 3.33.